The van der Waals surface area contributed by atoms with Crippen molar-refractivity contribution in [2.45, 2.75) is 12.8 Å². The van der Waals surface area contributed by atoms with Crippen LogP contribution in [0, 0.1) is 11.7 Å². The van der Waals surface area contributed by atoms with Gasteiger partial charge in [0.25, 0.3) is 5.56 Å². The molecule has 1 aromatic heterocycles. The largest absolute Gasteiger partial charge is 0.358 e. The first-order valence-corrected chi connectivity index (χ1v) is 8.45. The van der Waals surface area contributed by atoms with Gasteiger partial charge in [-0.25, -0.2) is 9.18 Å². The molecule has 2 aromatic rings. The van der Waals surface area contributed by atoms with Gasteiger partial charge in [-0.1, -0.05) is 0 Å². The number of nitrogens with zero attached hydrogens (tertiary/aromatic N) is 3. The first-order valence-electron chi connectivity index (χ1n) is 8.45. The summed E-state index contributed by atoms with van der Waals surface area (Å²) in [6, 6.07) is 7.10. The minimum Gasteiger partial charge on any atom is -0.358 e. The molecule has 0 atom stereocenters. The van der Waals surface area contributed by atoms with Gasteiger partial charge in [0.15, 0.2) is 0 Å². The third kappa shape index (κ3) is 3.54. The van der Waals surface area contributed by atoms with E-state index >= 15 is 0 Å². The fraction of sp³-hybridized carbons (Fsp3) is 0.389. The summed E-state index contributed by atoms with van der Waals surface area (Å²) in [7, 11) is 3.07. The number of anilines is 2. The Morgan fingerprint density at radius 1 is 1.08 bits per heavy atom. The fourth-order valence-corrected chi connectivity index (χ4v) is 3.17. The van der Waals surface area contributed by atoms with Crippen molar-refractivity contribution in [3.63, 3.8) is 0 Å². The summed E-state index contributed by atoms with van der Waals surface area (Å²) in [4.78, 5) is 38.3. The molecule has 0 unspecified atom stereocenters. The number of rotatable bonds is 3. The van der Waals surface area contributed by atoms with E-state index in [0.717, 1.165) is 4.57 Å². The van der Waals surface area contributed by atoms with Gasteiger partial charge in [0.1, 0.15) is 11.6 Å². The minimum absolute atomic E-state index is 0.103. The maximum Gasteiger partial charge on any atom is 0.332 e. The molecule has 1 amide bonds. The standard InChI is InChI=1S/C18H21FN4O3/c1-21-15(11-16(24)22(2)18(21)26)23-9-7-12(8-10-23)17(25)20-14-5-3-13(19)4-6-14/h3-6,11-12H,7-10H2,1-2H3,(H,20,25). The molecule has 1 saturated heterocycles. The molecule has 1 fully saturated rings. The maximum absolute atomic E-state index is 12.9. The Morgan fingerprint density at radius 3 is 2.31 bits per heavy atom. The maximum atomic E-state index is 12.9. The quantitative estimate of drug-likeness (QED) is 0.889. The molecule has 0 aliphatic carbocycles. The second kappa shape index (κ2) is 7.15. The van der Waals surface area contributed by atoms with Crippen molar-refractivity contribution in [3.05, 3.63) is 57.0 Å². The highest BCUT2D eigenvalue weighted by Crippen LogP contribution is 2.23. The van der Waals surface area contributed by atoms with Crippen LogP contribution in [-0.2, 0) is 18.9 Å². The number of amides is 1. The van der Waals surface area contributed by atoms with Crippen LogP contribution in [-0.4, -0.2) is 28.1 Å². The highest BCUT2D eigenvalue weighted by Gasteiger charge is 2.26. The van der Waals surface area contributed by atoms with Crippen molar-refractivity contribution in [2.24, 2.45) is 20.0 Å². The van der Waals surface area contributed by atoms with E-state index in [9.17, 15) is 18.8 Å². The molecule has 0 bridgehead atoms. The Morgan fingerprint density at radius 2 is 1.69 bits per heavy atom. The van der Waals surface area contributed by atoms with E-state index in [0.29, 0.717) is 37.4 Å². The zero-order valence-corrected chi connectivity index (χ0v) is 14.7. The van der Waals surface area contributed by atoms with Gasteiger partial charge in [0, 0.05) is 44.9 Å². The topological polar surface area (TPSA) is 76.3 Å². The van der Waals surface area contributed by atoms with Crippen LogP contribution < -0.4 is 21.5 Å². The number of nitrogens with one attached hydrogen (secondary N) is 1. The number of carbonyl (C=O) groups is 1. The number of halogens is 1. The molecule has 3 rings (SSSR count). The van der Waals surface area contributed by atoms with Gasteiger partial charge in [0.2, 0.25) is 5.91 Å². The predicted molar refractivity (Wildman–Crippen MR) is 96.9 cm³/mol. The van der Waals surface area contributed by atoms with Crippen molar-refractivity contribution in [1.29, 1.82) is 0 Å². The Balaban J connectivity index is 1.66. The number of piperidine rings is 1. The van der Waals surface area contributed by atoms with Gasteiger partial charge in [0.05, 0.1) is 0 Å². The summed E-state index contributed by atoms with van der Waals surface area (Å²) in [6.45, 7) is 1.14. The third-order valence-corrected chi connectivity index (χ3v) is 4.80. The SMILES string of the molecule is Cn1c(N2CCC(C(=O)Nc3ccc(F)cc3)CC2)cc(=O)n(C)c1=O. The van der Waals surface area contributed by atoms with Gasteiger partial charge in [-0.3, -0.25) is 18.7 Å². The normalized spacial score (nSPS) is 15.1. The van der Waals surface area contributed by atoms with E-state index in [2.05, 4.69) is 5.32 Å². The molecular formula is C18H21FN4O3. The van der Waals surface area contributed by atoms with E-state index in [1.165, 1.54) is 41.9 Å². The van der Waals surface area contributed by atoms with Gasteiger partial charge in [-0.05, 0) is 37.1 Å². The Kier molecular flexibility index (Phi) is 4.92. The van der Waals surface area contributed by atoms with Crippen molar-refractivity contribution in [2.75, 3.05) is 23.3 Å². The Labute approximate surface area is 149 Å². The molecule has 1 N–H and O–H groups in total. The lowest BCUT2D eigenvalue weighted by molar-refractivity contribution is -0.120. The van der Waals surface area contributed by atoms with Crippen LogP contribution in [0.1, 0.15) is 12.8 Å². The summed E-state index contributed by atoms with van der Waals surface area (Å²) >= 11 is 0. The summed E-state index contributed by atoms with van der Waals surface area (Å²) < 4.78 is 15.4. The minimum atomic E-state index is -0.372. The van der Waals surface area contributed by atoms with Gasteiger partial charge in [-0.2, -0.15) is 0 Å². The predicted octanol–water partition coefficient (Wildman–Crippen LogP) is 1.08. The number of hydrogen-bond donors (Lipinski definition) is 1. The lowest BCUT2D eigenvalue weighted by Crippen LogP contribution is -2.44. The average Bonchev–Trinajstić information content (AvgIpc) is 2.65. The second-order valence-corrected chi connectivity index (χ2v) is 6.50. The monoisotopic (exact) mass is 360 g/mol. The molecule has 8 heteroatoms. The van der Waals surface area contributed by atoms with Crippen LogP contribution >= 0.6 is 0 Å². The average molecular weight is 360 g/mol. The first-order chi connectivity index (χ1) is 12.4. The highest BCUT2D eigenvalue weighted by atomic mass is 19.1. The summed E-state index contributed by atoms with van der Waals surface area (Å²) in [5.41, 5.74) is -0.157. The molecule has 1 aliphatic rings. The van der Waals surface area contributed by atoms with Crippen molar-refractivity contribution in [1.82, 2.24) is 9.13 Å². The van der Waals surface area contributed by atoms with Crippen LogP contribution in [0.15, 0.2) is 39.9 Å². The van der Waals surface area contributed by atoms with Crippen molar-refractivity contribution >= 4 is 17.4 Å². The number of carbonyl (C=O) groups excluding carboxylic acids is 1. The van der Waals surface area contributed by atoms with Crippen LogP contribution in [0.4, 0.5) is 15.9 Å². The molecular weight excluding hydrogens is 339 g/mol. The first kappa shape index (κ1) is 17.9. The molecule has 1 aliphatic heterocycles. The molecule has 2 heterocycles. The van der Waals surface area contributed by atoms with Crippen LogP contribution in [0.5, 0.6) is 0 Å². The highest BCUT2D eigenvalue weighted by molar-refractivity contribution is 5.92. The second-order valence-electron chi connectivity index (χ2n) is 6.50. The summed E-state index contributed by atoms with van der Waals surface area (Å²) in [6.07, 6.45) is 1.22. The van der Waals surface area contributed by atoms with E-state index in [-0.39, 0.29) is 28.9 Å². The molecule has 138 valence electrons. The zero-order valence-electron chi connectivity index (χ0n) is 14.7. The smallest absolute Gasteiger partial charge is 0.332 e. The van der Waals surface area contributed by atoms with Gasteiger partial charge >= 0.3 is 5.69 Å². The Hall–Kier alpha value is -2.90. The molecule has 0 radical (unpaired) electrons. The van der Waals surface area contributed by atoms with E-state index in [1.807, 2.05) is 4.90 Å². The van der Waals surface area contributed by atoms with E-state index in [4.69, 9.17) is 0 Å². The zero-order chi connectivity index (χ0) is 18.8. The van der Waals surface area contributed by atoms with Crippen molar-refractivity contribution < 1.29 is 9.18 Å². The number of aromatic nitrogens is 2. The van der Waals surface area contributed by atoms with Crippen molar-refractivity contribution in [3.8, 4) is 0 Å². The van der Waals surface area contributed by atoms with Gasteiger partial charge in [-0.15, -0.1) is 0 Å². The lowest BCUT2D eigenvalue weighted by atomic mass is 9.95. The summed E-state index contributed by atoms with van der Waals surface area (Å²) in [5.74, 6) is -0.0552. The molecule has 26 heavy (non-hydrogen) atoms. The molecule has 0 saturated carbocycles. The summed E-state index contributed by atoms with van der Waals surface area (Å²) in [5, 5.41) is 2.80. The molecule has 0 spiro atoms. The van der Waals surface area contributed by atoms with Gasteiger partial charge < -0.3 is 10.2 Å². The van der Waals surface area contributed by atoms with Crippen LogP contribution in [0.25, 0.3) is 0 Å². The lowest BCUT2D eigenvalue weighted by Gasteiger charge is -2.33. The molecule has 7 nitrogen and oxygen atoms in total. The number of hydrogen-bond acceptors (Lipinski definition) is 4. The van der Waals surface area contributed by atoms with E-state index < -0.39 is 0 Å². The molecule has 1 aromatic carbocycles. The Bertz CT molecular complexity index is 925. The van der Waals surface area contributed by atoms with E-state index in [1.54, 1.807) is 7.05 Å². The third-order valence-electron chi connectivity index (χ3n) is 4.80. The van der Waals surface area contributed by atoms with Crippen LogP contribution in [0.2, 0.25) is 0 Å². The van der Waals surface area contributed by atoms with Crippen LogP contribution in [0.3, 0.4) is 0 Å². The fourth-order valence-electron chi connectivity index (χ4n) is 3.17. The number of benzene rings is 1.